The normalized spacial score (nSPS) is 16.8. The lowest BCUT2D eigenvalue weighted by molar-refractivity contribution is -0.130. The molecule has 1 aliphatic heterocycles. The summed E-state index contributed by atoms with van der Waals surface area (Å²) in [4.78, 5) is 37.4. The summed E-state index contributed by atoms with van der Waals surface area (Å²) in [5, 5.41) is 8.69. The molecular formula is C17H21N5O3. The molecule has 8 heteroatoms. The summed E-state index contributed by atoms with van der Waals surface area (Å²) in [6.07, 6.45) is 3.20. The Balaban J connectivity index is 1.43. The Bertz CT molecular complexity index is 783. The number of aromatic nitrogens is 3. The zero-order valence-corrected chi connectivity index (χ0v) is 13.9. The van der Waals surface area contributed by atoms with Gasteiger partial charge in [-0.25, -0.2) is 9.89 Å². The fourth-order valence-electron chi connectivity index (χ4n) is 2.97. The first-order valence-electron chi connectivity index (χ1n) is 8.32. The topological polar surface area (TPSA) is 100 Å². The van der Waals surface area contributed by atoms with Crippen LogP contribution in [0.5, 0.6) is 0 Å². The number of carbonyl (C=O) groups excluding carboxylic acids is 2. The van der Waals surface area contributed by atoms with Crippen LogP contribution in [0.15, 0.2) is 41.5 Å². The number of amides is 2. The molecule has 1 aromatic heterocycles. The Hall–Kier alpha value is -2.90. The largest absolute Gasteiger partial charge is 0.350 e. The van der Waals surface area contributed by atoms with Crippen molar-refractivity contribution in [3.63, 3.8) is 0 Å². The molecule has 2 heterocycles. The Morgan fingerprint density at radius 2 is 2.08 bits per heavy atom. The molecule has 0 saturated carbocycles. The molecule has 2 N–H and O–H groups in total. The number of likely N-dealkylation sites (tertiary alicyclic amines) is 1. The average molecular weight is 343 g/mol. The number of aromatic amines is 1. The quantitative estimate of drug-likeness (QED) is 0.766. The minimum Gasteiger partial charge on any atom is -0.350 e. The number of H-pyrrole nitrogens is 1. The summed E-state index contributed by atoms with van der Waals surface area (Å²) in [5.41, 5.74) is 0.727. The number of nitrogens with zero attached hydrogens (tertiary/aromatic N) is 3. The van der Waals surface area contributed by atoms with E-state index in [4.69, 9.17) is 0 Å². The zero-order chi connectivity index (χ0) is 17.6. The summed E-state index contributed by atoms with van der Waals surface area (Å²) in [5.74, 6) is -0.154. The van der Waals surface area contributed by atoms with Gasteiger partial charge in [-0.2, -0.15) is 5.10 Å². The molecule has 2 aromatic rings. The monoisotopic (exact) mass is 343 g/mol. The summed E-state index contributed by atoms with van der Waals surface area (Å²) in [6, 6.07) is 9.84. The van der Waals surface area contributed by atoms with Crippen LogP contribution in [0.25, 0.3) is 0 Å². The van der Waals surface area contributed by atoms with Crippen molar-refractivity contribution in [1.82, 2.24) is 25.0 Å². The van der Waals surface area contributed by atoms with Gasteiger partial charge in [-0.1, -0.05) is 30.3 Å². The molecule has 1 aliphatic rings. The summed E-state index contributed by atoms with van der Waals surface area (Å²) in [6.45, 7) is 1.08. The van der Waals surface area contributed by atoms with Crippen LogP contribution in [0, 0.1) is 0 Å². The SMILES string of the molecule is O=C(Cn1cn[nH]c1=O)NC1CCN(C(=O)CCc2ccccc2)C1. The maximum Gasteiger partial charge on any atom is 0.343 e. The Kier molecular flexibility index (Phi) is 5.27. The van der Waals surface area contributed by atoms with Crippen molar-refractivity contribution in [2.45, 2.75) is 31.8 Å². The van der Waals surface area contributed by atoms with Gasteiger partial charge in [0.05, 0.1) is 0 Å². The van der Waals surface area contributed by atoms with E-state index in [1.54, 1.807) is 4.90 Å². The van der Waals surface area contributed by atoms with Gasteiger partial charge in [-0.15, -0.1) is 0 Å². The number of aryl methyl sites for hydroxylation is 1. The molecule has 0 aliphatic carbocycles. The Morgan fingerprint density at radius 1 is 1.28 bits per heavy atom. The number of hydrogen-bond donors (Lipinski definition) is 2. The van der Waals surface area contributed by atoms with Crippen molar-refractivity contribution in [2.75, 3.05) is 13.1 Å². The molecule has 1 atom stereocenters. The van der Waals surface area contributed by atoms with E-state index in [1.807, 2.05) is 30.3 Å². The standard InChI is InChI=1S/C17H21N5O3/c23-15(11-22-12-18-20-17(22)25)19-14-8-9-21(10-14)16(24)7-6-13-4-2-1-3-5-13/h1-5,12,14H,6-11H2,(H,19,23)(H,20,25). The fraction of sp³-hybridized carbons (Fsp3) is 0.412. The molecule has 0 radical (unpaired) electrons. The van der Waals surface area contributed by atoms with Crippen molar-refractivity contribution in [1.29, 1.82) is 0 Å². The molecule has 8 nitrogen and oxygen atoms in total. The van der Waals surface area contributed by atoms with Crippen LogP contribution in [-0.4, -0.2) is 50.6 Å². The molecule has 0 spiro atoms. The lowest BCUT2D eigenvalue weighted by Gasteiger charge is -2.17. The second-order valence-corrected chi connectivity index (χ2v) is 6.17. The molecule has 1 unspecified atom stereocenters. The second kappa shape index (κ2) is 7.78. The second-order valence-electron chi connectivity index (χ2n) is 6.17. The van der Waals surface area contributed by atoms with E-state index in [2.05, 4.69) is 15.5 Å². The van der Waals surface area contributed by atoms with Crippen LogP contribution in [0.4, 0.5) is 0 Å². The molecule has 1 fully saturated rings. The number of nitrogens with one attached hydrogen (secondary N) is 2. The lowest BCUT2D eigenvalue weighted by atomic mass is 10.1. The van der Waals surface area contributed by atoms with Gasteiger partial charge in [0.2, 0.25) is 11.8 Å². The third-order valence-corrected chi connectivity index (χ3v) is 4.31. The van der Waals surface area contributed by atoms with E-state index in [1.165, 1.54) is 10.9 Å². The maximum atomic E-state index is 12.3. The highest BCUT2D eigenvalue weighted by molar-refractivity contribution is 5.78. The van der Waals surface area contributed by atoms with E-state index in [0.717, 1.165) is 18.4 Å². The molecule has 0 bridgehead atoms. The van der Waals surface area contributed by atoms with Gasteiger partial charge in [0, 0.05) is 25.6 Å². The molecule has 1 aromatic carbocycles. The molecule has 25 heavy (non-hydrogen) atoms. The molecule has 2 amide bonds. The first kappa shape index (κ1) is 16.9. The highest BCUT2D eigenvalue weighted by Gasteiger charge is 2.27. The van der Waals surface area contributed by atoms with Crippen LogP contribution < -0.4 is 11.0 Å². The smallest absolute Gasteiger partial charge is 0.343 e. The average Bonchev–Trinajstić information content (AvgIpc) is 3.23. The van der Waals surface area contributed by atoms with E-state index in [-0.39, 0.29) is 24.4 Å². The minimum atomic E-state index is -0.417. The van der Waals surface area contributed by atoms with Crippen molar-refractivity contribution < 1.29 is 9.59 Å². The number of hydrogen-bond acceptors (Lipinski definition) is 4. The third-order valence-electron chi connectivity index (χ3n) is 4.31. The molecule has 3 rings (SSSR count). The van der Waals surface area contributed by atoms with Gasteiger partial charge in [-0.3, -0.25) is 14.2 Å². The van der Waals surface area contributed by atoms with Crippen LogP contribution in [-0.2, 0) is 22.6 Å². The molecular weight excluding hydrogens is 322 g/mol. The van der Waals surface area contributed by atoms with Crippen molar-refractivity contribution >= 4 is 11.8 Å². The van der Waals surface area contributed by atoms with E-state index < -0.39 is 5.69 Å². The van der Waals surface area contributed by atoms with Gasteiger partial charge < -0.3 is 10.2 Å². The maximum absolute atomic E-state index is 12.3. The Labute approximate surface area is 144 Å². The van der Waals surface area contributed by atoms with Crippen LogP contribution in [0.2, 0.25) is 0 Å². The van der Waals surface area contributed by atoms with Crippen molar-refractivity contribution in [2.24, 2.45) is 0 Å². The summed E-state index contributed by atoms with van der Waals surface area (Å²) in [7, 11) is 0. The van der Waals surface area contributed by atoms with Gasteiger partial charge in [0.15, 0.2) is 0 Å². The zero-order valence-electron chi connectivity index (χ0n) is 13.9. The third kappa shape index (κ3) is 4.56. The van der Waals surface area contributed by atoms with Crippen molar-refractivity contribution in [3.05, 3.63) is 52.7 Å². The van der Waals surface area contributed by atoms with Gasteiger partial charge in [0.1, 0.15) is 12.9 Å². The highest BCUT2D eigenvalue weighted by Crippen LogP contribution is 2.12. The van der Waals surface area contributed by atoms with Gasteiger partial charge in [0.25, 0.3) is 0 Å². The van der Waals surface area contributed by atoms with E-state index >= 15 is 0 Å². The van der Waals surface area contributed by atoms with Crippen LogP contribution in [0.1, 0.15) is 18.4 Å². The van der Waals surface area contributed by atoms with Crippen LogP contribution >= 0.6 is 0 Å². The molecule has 1 saturated heterocycles. The minimum absolute atomic E-state index is 0.0734. The van der Waals surface area contributed by atoms with Gasteiger partial charge in [-0.05, 0) is 18.4 Å². The number of rotatable bonds is 6. The highest BCUT2D eigenvalue weighted by atomic mass is 16.2. The first-order valence-corrected chi connectivity index (χ1v) is 8.32. The fourth-order valence-corrected chi connectivity index (χ4v) is 2.97. The molecule has 132 valence electrons. The number of benzene rings is 1. The lowest BCUT2D eigenvalue weighted by Crippen LogP contribution is -2.40. The predicted molar refractivity (Wildman–Crippen MR) is 90.7 cm³/mol. The summed E-state index contributed by atoms with van der Waals surface area (Å²) < 4.78 is 1.20. The van der Waals surface area contributed by atoms with Crippen molar-refractivity contribution in [3.8, 4) is 0 Å². The predicted octanol–water partition coefficient (Wildman–Crippen LogP) is -0.0787. The number of carbonyl (C=O) groups is 2. The van der Waals surface area contributed by atoms with Crippen LogP contribution in [0.3, 0.4) is 0 Å². The van der Waals surface area contributed by atoms with E-state index in [0.29, 0.717) is 19.5 Å². The first-order chi connectivity index (χ1) is 12.1. The summed E-state index contributed by atoms with van der Waals surface area (Å²) >= 11 is 0. The van der Waals surface area contributed by atoms with Gasteiger partial charge >= 0.3 is 5.69 Å². The Morgan fingerprint density at radius 3 is 2.80 bits per heavy atom. The van der Waals surface area contributed by atoms with E-state index in [9.17, 15) is 14.4 Å².